The highest BCUT2D eigenvalue weighted by Gasteiger charge is 2.35. The van der Waals surface area contributed by atoms with Crippen LogP contribution in [0.5, 0.6) is 17.2 Å². The highest BCUT2D eigenvalue weighted by atomic mass is 79.9. The van der Waals surface area contributed by atoms with Crippen LogP contribution in [0.15, 0.2) is 64.0 Å². The number of ether oxygens (including phenoxy) is 3. The number of hydrogen-bond donors (Lipinski definition) is 0. The summed E-state index contributed by atoms with van der Waals surface area (Å²) in [7, 11) is 0. The van der Waals surface area contributed by atoms with E-state index in [-0.39, 0.29) is 30.9 Å². The van der Waals surface area contributed by atoms with Gasteiger partial charge in [0.1, 0.15) is 19.0 Å². The zero-order valence-electron chi connectivity index (χ0n) is 20.0. The van der Waals surface area contributed by atoms with Crippen molar-refractivity contribution in [2.24, 2.45) is 0 Å². The van der Waals surface area contributed by atoms with Crippen LogP contribution in [0.1, 0.15) is 18.1 Å². The van der Waals surface area contributed by atoms with Crippen LogP contribution in [-0.2, 0) is 11.4 Å². The first-order valence-electron chi connectivity index (χ1n) is 11.4. The van der Waals surface area contributed by atoms with Gasteiger partial charge in [0, 0.05) is 5.02 Å². The van der Waals surface area contributed by atoms with E-state index in [1.165, 1.54) is 4.90 Å². The summed E-state index contributed by atoms with van der Waals surface area (Å²) in [4.78, 5) is 26.9. The molecule has 1 aliphatic rings. The fourth-order valence-electron chi connectivity index (χ4n) is 3.49. The summed E-state index contributed by atoms with van der Waals surface area (Å²) in [5.74, 6) is 1.21. The van der Waals surface area contributed by atoms with Crippen molar-refractivity contribution in [1.29, 1.82) is 0 Å². The number of hydrogen-bond acceptors (Lipinski definition) is 6. The quantitative estimate of drug-likeness (QED) is 0.204. The van der Waals surface area contributed by atoms with Crippen LogP contribution in [0.25, 0.3) is 6.08 Å². The van der Waals surface area contributed by atoms with E-state index in [1.54, 1.807) is 54.6 Å². The van der Waals surface area contributed by atoms with Gasteiger partial charge in [-0.2, -0.15) is 0 Å². The smallest absolute Gasteiger partial charge is 0.293 e. The van der Waals surface area contributed by atoms with Crippen molar-refractivity contribution in [3.63, 3.8) is 0 Å². The molecule has 1 fully saturated rings. The Bertz CT molecular complexity index is 1380. The van der Waals surface area contributed by atoms with Crippen molar-refractivity contribution in [3.8, 4) is 17.2 Å². The first-order valence-corrected chi connectivity index (χ1v) is 14.2. The van der Waals surface area contributed by atoms with Crippen molar-refractivity contribution >= 4 is 79.7 Å². The van der Waals surface area contributed by atoms with Crippen LogP contribution in [-0.4, -0.2) is 35.8 Å². The molecule has 0 spiro atoms. The second-order valence-corrected chi connectivity index (χ2v) is 11.0. The Morgan fingerprint density at radius 1 is 0.947 bits per heavy atom. The molecule has 38 heavy (non-hydrogen) atoms. The summed E-state index contributed by atoms with van der Waals surface area (Å²) in [5, 5.41) is 1.15. The minimum absolute atomic E-state index is 0.125. The Morgan fingerprint density at radius 2 is 1.71 bits per heavy atom. The van der Waals surface area contributed by atoms with Gasteiger partial charge in [-0.05, 0) is 100 Å². The number of rotatable bonds is 10. The van der Waals surface area contributed by atoms with Gasteiger partial charge < -0.3 is 14.2 Å². The fourth-order valence-corrected chi connectivity index (χ4v) is 5.37. The van der Waals surface area contributed by atoms with E-state index in [1.807, 2.05) is 13.0 Å². The highest BCUT2D eigenvalue weighted by molar-refractivity contribution is 9.10. The van der Waals surface area contributed by atoms with Gasteiger partial charge in [0.05, 0.1) is 32.6 Å². The lowest BCUT2D eigenvalue weighted by molar-refractivity contribution is -0.123. The molecule has 2 amide bonds. The van der Waals surface area contributed by atoms with Crippen molar-refractivity contribution in [2.45, 2.75) is 13.5 Å². The van der Waals surface area contributed by atoms with Gasteiger partial charge in [0.25, 0.3) is 11.1 Å². The van der Waals surface area contributed by atoms with Gasteiger partial charge in [-0.3, -0.25) is 14.5 Å². The molecule has 3 aromatic carbocycles. The molecule has 6 nitrogen and oxygen atoms in total. The number of halogens is 4. The molecule has 11 heteroatoms. The molecule has 0 saturated carbocycles. The fraction of sp³-hybridized carbons (Fsp3) is 0.185. The van der Waals surface area contributed by atoms with E-state index in [2.05, 4.69) is 15.9 Å². The molecule has 4 rings (SSSR count). The average Bonchev–Trinajstić information content (AvgIpc) is 3.14. The topological polar surface area (TPSA) is 65.1 Å². The standard InChI is InChI=1S/C27H21BrCl3NO5S/c1-2-35-23-13-17(11-20(28)25(23)37-15-16-3-8-21(30)22(31)12-16)14-24-26(33)32(27(34)38-24)9-10-36-19-6-4-18(29)5-7-19/h3-8,11-14H,2,9-10,15H2,1H3/b24-14-. The predicted molar refractivity (Wildman–Crippen MR) is 156 cm³/mol. The van der Waals surface area contributed by atoms with E-state index in [4.69, 9.17) is 49.0 Å². The number of thioether (sulfide) groups is 1. The number of carbonyl (C=O) groups excluding carboxylic acids is 2. The zero-order chi connectivity index (χ0) is 27.2. The van der Waals surface area contributed by atoms with Gasteiger partial charge in [0.15, 0.2) is 11.5 Å². The molecule has 1 heterocycles. The summed E-state index contributed by atoms with van der Waals surface area (Å²) in [6.07, 6.45) is 1.65. The summed E-state index contributed by atoms with van der Waals surface area (Å²) < 4.78 is 18.1. The lowest BCUT2D eigenvalue weighted by atomic mass is 10.1. The Hall–Kier alpha value is -2.36. The molecule has 198 valence electrons. The maximum Gasteiger partial charge on any atom is 0.293 e. The second-order valence-electron chi connectivity index (χ2n) is 7.94. The van der Waals surface area contributed by atoms with Crippen LogP contribution < -0.4 is 14.2 Å². The minimum Gasteiger partial charge on any atom is -0.492 e. The van der Waals surface area contributed by atoms with Crippen molar-refractivity contribution in [2.75, 3.05) is 19.8 Å². The summed E-state index contributed by atoms with van der Waals surface area (Å²) in [5.41, 5.74) is 1.51. The van der Waals surface area contributed by atoms with Crippen LogP contribution in [0, 0.1) is 0 Å². The van der Waals surface area contributed by atoms with Crippen LogP contribution in [0.2, 0.25) is 15.1 Å². The third-order valence-electron chi connectivity index (χ3n) is 5.27. The lowest BCUT2D eigenvalue weighted by Gasteiger charge is -2.15. The highest BCUT2D eigenvalue weighted by Crippen LogP contribution is 2.40. The first-order chi connectivity index (χ1) is 18.2. The number of benzene rings is 3. The number of amides is 2. The second kappa shape index (κ2) is 13.1. The van der Waals surface area contributed by atoms with Gasteiger partial charge in [-0.1, -0.05) is 40.9 Å². The molecular weight excluding hydrogens is 637 g/mol. The lowest BCUT2D eigenvalue weighted by Crippen LogP contribution is -2.32. The Morgan fingerprint density at radius 3 is 2.42 bits per heavy atom. The van der Waals surface area contributed by atoms with Crippen molar-refractivity contribution in [3.05, 3.63) is 90.2 Å². The SMILES string of the molecule is CCOc1cc(/C=C2\SC(=O)N(CCOc3ccc(Cl)cc3)C2=O)cc(Br)c1OCc1ccc(Cl)c(Cl)c1. The van der Waals surface area contributed by atoms with Gasteiger partial charge in [0.2, 0.25) is 0 Å². The van der Waals surface area contributed by atoms with Crippen molar-refractivity contribution < 1.29 is 23.8 Å². The van der Waals surface area contributed by atoms with Crippen LogP contribution in [0.4, 0.5) is 4.79 Å². The molecule has 1 saturated heterocycles. The average molecular weight is 658 g/mol. The number of nitrogens with zero attached hydrogens (tertiary/aromatic N) is 1. The number of imide groups is 1. The first kappa shape index (κ1) is 28.6. The molecule has 0 unspecified atom stereocenters. The minimum atomic E-state index is -0.381. The summed E-state index contributed by atoms with van der Waals surface area (Å²) in [6, 6.07) is 15.7. The van der Waals surface area contributed by atoms with Gasteiger partial charge in [-0.15, -0.1) is 0 Å². The van der Waals surface area contributed by atoms with E-state index in [9.17, 15) is 9.59 Å². The molecule has 0 N–H and O–H groups in total. The van der Waals surface area contributed by atoms with Gasteiger partial charge >= 0.3 is 0 Å². The largest absolute Gasteiger partial charge is 0.492 e. The molecule has 0 radical (unpaired) electrons. The van der Waals surface area contributed by atoms with Crippen molar-refractivity contribution in [1.82, 2.24) is 4.90 Å². The molecule has 0 aliphatic carbocycles. The monoisotopic (exact) mass is 655 g/mol. The summed E-state index contributed by atoms with van der Waals surface area (Å²) in [6.45, 7) is 2.80. The van der Waals surface area contributed by atoms with E-state index in [0.717, 1.165) is 17.3 Å². The predicted octanol–water partition coefficient (Wildman–Crippen LogP) is 8.50. The Kier molecular flexibility index (Phi) is 9.90. The van der Waals surface area contributed by atoms with E-state index in [0.29, 0.717) is 53.9 Å². The molecule has 1 aliphatic heterocycles. The molecule has 0 bridgehead atoms. The van der Waals surface area contributed by atoms with Crippen LogP contribution in [0.3, 0.4) is 0 Å². The maximum atomic E-state index is 12.9. The Labute approximate surface area is 247 Å². The molecule has 3 aromatic rings. The third-order valence-corrected chi connectivity index (χ3v) is 7.75. The maximum absolute atomic E-state index is 12.9. The summed E-state index contributed by atoms with van der Waals surface area (Å²) >= 11 is 22.4. The van der Waals surface area contributed by atoms with Crippen LogP contribution >= 0.6 is 62.5 Å². The molecular formula is C27H21BrCl3NO5S. The normalized spacial score (nSPS) is 14.3. The van der Waals surface area contributed by atoms with Gasteiger partial charge in [-0.25, -0.2) is 0 Å². The zero-order valence-corrected chi connectivity index (χ0v) is 24.7. The third kappa shape index (κ3) is 7.18. The van der Waals surface area contributed by atoms with E-state index < -0.39 is 0 Å². The van der Waals surface area contributed by atoms with E-state index >= 15 is 0 Å². The number of carbonyl (C=O) groups is 2. The molecule has 0 atom stereocenters. The Balaban J connectivity index is 1.46. The molecule has 0 aromatic heterocycles.